The van der Waals surface area contributed by atoms with Gasteiger partial charge >= 0.3 is 5.97 Å². The first-order valence-electron chi connectivity index (χ1n) is 6.97. The van der Waals surface area contributed by atoms with Crippen LogP contribution in [0.1, 0.15) is 22.8 Å². The molecular weight excluding hydrogens is 321 g/mol. The third kappa shape index (κ3) is 2.92. The highest BCUT2D eigenvalue weighted by atomic mass is 35.5. The van der Waals surface area contributed by atoms with Crippen molar-refractivity contribution >= 4 is 29.2 Å². The number of benzene rings is 2. The van der Waals surface area contributed by atoms with Gasteiger partial charge in [0.05, 0.1) is 10.6 Å². The number of carbonyl (C=O) groups excluding carboxylic acids is 2. The number of cyclic esters (lactones) is 1. The minimum atomic E-state index is -1.34. The smallest absolute Gasteiger partial charge is 0.339 e. The average molecular weight is 334 g/mol. The number of ether oxygens (including phenoxy) is 1. The van der Waals surface area contributed by atoms with Crippen molar-refractivity contribution in [2.24, 2.45) is 0 Å². The standard InChI is InChI=1S/C17H13ClFNO3/c1-17(9-10-4-2-3-5-12(10)15(21)23-17)16(22)20-11-6-7-14(19)13(18)8-11/h2-8H,9H2,1H3,(H,20,22). The number of fused-ring (bicyclic) bond motifs is 1. The number of anilines is 1. The van der Waals surface area contributed by atoms with Crippen LogP contribution < -0.4 is 5.32 Å². The SMILES string of the molecule is CC1(C(=O)Nc2ccc(F)c(Cl)c2)Cc2ccccc2C(=O)O1. The van der Waals surface area contributed by atoms with E-state index in [2.05, 4.69) is 5.32 Å². The summed E-state index contributed by atoms with van der Waals surface area (Å²) in [4.78, 5) is 24.6. The van der Waals surface area contributed by atoms with Crippen molar-refractivity contribution < 1.29 is 18.7 Å². The van der Waals surface area contributed by atoms with Gasteiger partial charge in [0.15, 0.2) is 5.60 Å². The van der Waals surface area contributed by atoms with Crippen LogP contribution in [0.25, 0.3) is 0 Å². The summed E-state index contributed by atoms with van der Waals surface area (Å²) in [6, 6.07) is 10.8. The third-order valence-corrected chi connectivity index (χ3v) is 4.03. The molecule has 2 aromatic rings. The van der Waals surface area contributed by atoms with Gasteiger partial charge in [-0.1, -0.05) is 29.8 Å². The van der Waals surface area contributed by atoms with Gasteiger partial charge in [-0.3, -0.25) is 4.79 Å². The Kier molecular flexibility index (Phi) is 3.82. The van der Waals surface area contributed by atoms with Gasteiger partial charge in [0, 0.05) is 12.1 Å². The molecule has 2 aromatic carbocycles. The fraction of sp³-hybridized carbons (Fsp3) is 0.176. The van der Waals surface area contributed by atoms with Crippen molar-refractivity contribution in [2.75, 3.05) is 5.32 Å². The molecule has 1 aliphatic heterocycles. The fourth-order valence-electron chi connectivity index (χ4n) is 2.50. The van der Waals surface area contributed by atoms with Crippen LogP contribution in [0.2, 0.25) is 5.02 Å². The first-order valence-corrected chi connectivity index (χ1v) is 7.34. The zero-order chi connectivity index (χ0) is 16.6. The van der Waals surface area contributed by atoms with E-state index >= 15 is 0 Å². The maximum Gasteiger partial charge on any atom is 0.339 e. The number of esters is 1. The molecule has 0 bridgehead atoms. The van der Waals surface area contributed by atoms with Gasteiger partial charge in [0.1, 0.15) is 5.82 Å². The Bertz CT molecular complexity index is 808. The molecule has 0 aliphatic carbocycles. The number of carbonyl (C=O) groups is 2. The zero-order valence-corrected chi connectivity index (χ0v) is 13.0. The van der Waals surface area contributed by atoms with Crippen molar-refractivity contribution in [3.05, 3.63) is 64.4 Å². The molecule has 0 saturated heterocycles. The highest BCUT2D eigenvalue weighted by Gasteiger charge is 2.42. The third-order valence-electron chi connectivity index (χ3n) is 3.74. The molecule has 0 saturated carbocycles. The highest BCUT2D eigenvalue weighted by molar-refractivity contribution is 6.31. The average Bonchev–Trinajstić information content (AvgIpc) is 2.51. The molecule has 1 heterocycles. The molecule has 4 nitrogen and oxygen atoms in total. The molecule has 1 amide bonds. The second kappa shape index (κ2) is 5.66. The monoisotopic (exact) mass is 333 g/mol. The maximum absolute atomic E-state index is 13.2. The van der Waals surface area contributed by atoms with E-state index in [1.54, 1.807) is 31.2 Å². The molecule has 1 N–H and O–H groups in total. The van der Waals surface area contributed by atoms with Crippen molar-refractivity contribution in [3.8, 4) is 0 Å². The minimum Gasteiger partial charge on any atom is -0.445 e. The molecule has 0 radical (unpaired) electrons. The van der Waals surface area contributed by atoms with Gasteiger partial charge in [-0.2, -0.15) is 0 Å². The van der Waals surface area contributed by atoms with Gasteiger partial charge in [0.25, 0.3) is 5.91 Å². The second-order valence-electron chi connectivity index (χ2n) is 5.54. The van der Waals surface area contributed by atoms with Crippen LogP contribution in [0.4, 0.5) is 10.1 Å². The molecule has 118 valence electrons. The molecular formula is C17H13ClFNO3. The van der Waals surface area contributed by atoms with Crippen molar-refractivity contribution in [2.45, 2.75) is 18.9 Å². The number of halogens is 2. The summed E-state index contributed by atoms with van der Waals surface area (Å²) in [6.45, 7) is 1.54. The Morgan fingerprint density at radius 1 is 1.30 bits per heavy atom. The minimum absolute atomic E-state index is 0.0982. The molecule has 3 rings (SSSR count). The summed E-state index contributed by atoms with van der Waals surface area (Å²) in [5, 5.41) is 2.51. The van der Waals surface area contributed by atoms with Crippen LogP contribution in [0, 0.1) is 5.82 Å². The number of rotatable bonds is 2. The summed E-state index contributed by atoms with van der Waals surface area (Å²) in [5.74, 6) is -1.61. The first kappa shape index (κ1) is 15.5. The van der Waals surface area contributed by atoms with E-state index in [0.29, 0.717) is 11.3 Å². The molecule has 1 aliphatic rings. The number of amides is 1. The maximum atomic E-state index is 13.2. The summed E-state index contributed by atoms with van der Waals surface area (Å²) >= 11 is 5.70. The molecule has 1 unspecified atom stereocenters. The lowest BCUT2D eigenvalue weighted by atomic mass is 9.89. The predicted molar refractivity (Wildman–Crippen MR) is 84.0 cm³/mol. The summed E-state index contributed by atoms with van der Waals surface area (Å²) < 4.78 is 18.5. The molecule has 0 aromatic heterocycles. The summed E-state index contributed by atoms with van der Waals surface area (Å²) in [6.07, 6.45) is 0.260. The van der Waals surface area contributed by atoms with Crippen molar-refractivity contribution in [3.63, 3.8) is 0 Å². The van der Waals surface area contributed by atoms with Crippen molar-refractivity contribution in [1.29, 1.82) is 0 Å². The second-order valence-corrected chi connectivity index (χ2v) is 5.94. The van der Waals surface area contributed by atoms with Gasteiger partial charge < -0.3 is 10.1 Å². The van der Waals surface area contributed by atoms with E-state index < -0.39 is 23.3 Å². The summed E-state index contributed by atoms with van der Waals surface area (Å²) in [5.41, 5.74) is 0.199. The topological polar surface area (TPSA) is 55.4 Å². The molecule has 0 spiro atoms. The van der Waals surface area contributed by atoms with E-state index in [-0.39, 0.29) is 11.4 Å². The van der Waals surface area contributed by atoms with Crippen LogP contribution in [0.3, 0.4) is 0 Å². The van der Waals surface area contributed by atoms with Crippen LogP contribution in [0.15, 0.2) is 42.5 Å². The predicted octanol–water partition coefficient (Wildman–Crippen LogP) is 3.59. The van der Waals surface area contributed by atoms with Gasteiger partial charge in [-0.05, 0) is 36.8 Å². The highest BCUT2D eigenvalue weighted by Crippen LogP contribution is 2.29. The van der Waals surface area contributed by atoms with E-state index in [9.17, 15) is 14.0 Å². The van der Waals surface area contributed by atoms with E-state index in [1.807, 2.05) is 0 Å². The Labute approximate surface area is 137 Å². The Morgan fingerprint density at radius 3 is 2.78 bits per heavy atom. The lowest BCUT2D eigenvalue weighted by Crippen LogP contribution is -2.48. The Morgan fingerprint density at radius 2 is 2.04 bits per heavy atom. The molecule has 1 atom stereocenters. The van der Waals surface area contributed by atoms with E-state index in [4.69, 9.17) is 16.3 Å². The normalized spacial score (nSPS) is 19.7. The van der Waals surface area contributed by atoms with E-state index in [1.165, 1.54) is 12.1 Å². The van der Waals surface area contributed by atoms with Crippen LogP contribution in [-0.2, 0) is 16.0 Å². The lowest BCUT2D eigenvalue weighted by Gasteiger charge is -2.33. The number of hydrogen-bond donors (Lipinski definition) is 1. The summed E-state index contributed by atoms with van der Waals surface area (Å²) in [7, 11) is 0. The van der Waals surface area contributed by atoms with Gasteiger partial charge in [0.2, 0.25) is 0 Å². The lowest BCUT2D eigenvalue weighted by molar-refractivity contribution is -0.134. The van der Waals surface area contributed by atoms with Crippen LogP contribution in [-0.4, -0.2) is 17.5 Å². The first-order chi connectivity index (χ1) is 10.9. The molecule has 0 fully saturated rings. The quantitative estimate of drug-likeness (QED) is 0.854. The largest absolute Gasteiger partial charge is 0.445 e. The zero-order valence-electron chi connectivity index (χ0n) is 12.2. The van der Waals surface area contributed by atoms with Gasteiger partial charge in [-0.15, -0.1) is 0 Å². The van der Waals surface area contributed by atoms with E-state index in [0.717, 1.165) is 11.6 Å². The fourth-order valence-corrected chi connectivity index (χ4v) is 2.68. The van der Waals surface area contributed by atoms with Crippen molar-refractivity contribution in [1.82, 2.24) is 0 Å². The van der Waals surface area contributed by atoms with Crippen LogP contribution >= 0.6 is 11.6 Å². The Balaban J connectivity index is 1.84. The molecule has 23 heavy (non-hydrogen) atoms. The van der Waals surface area contributed by atoms with Gasteiger partial charge in [-0.25, -0.2) is 9.18 Å². The number of hydrogen-bond acceptors (Lipinski definition) is 3. The molecule has 6 heteroatoms. The van der Waals surface area contributed by atoms with Crippen LogP contribution in [0.5, 0.6) is 0 Å². The number of nitrogens with one attached hydrogen (secondary N) is 1. The Hall–Kier alpha value is -2.40.